The van der Waals surface area contributed by atoms with Gasteiger partial charge in [-0.3, -0.25) is 4.90 Å². The SMILES string of the molecule is COCC1CCCN1S(=O)(=O)NCC1(N2CCCCC2)CCCC1. The number of ether oxygens (including phenoxy) is 1. The highest BCUT2D eigenvalue weighted by molar-refractivity contribution is 7.87. The number of hydrogen-bond donors (Lipinski definition) is 1. The molecule has 140 valence electrons. The van der Waals surface area contributed by atoms with E-state index < -0.39 is 10.2 Å². The largest absolute Gasteiger partial charge is 0.383 e. The van der Waals surface area contributed by atoms with Crippen molar-refractivity contribution in [1.82, 2.24) is 13.9 Å². The highest BCUT2D eigenvalue weighted by Crippen LogP contribution is 2.37. The van der Waals surface area contributed by atoms with Crippen molar-refractivity contribution in [3.63, 3.8) is 0 Å². The summed E-state index contributed by atoms with van der Waals surface area (Å²) in [5, 5.41) is 0. The molecule has 2 heterocycles. The molecule has 7 heteroatoms. The van der Waals surface area contributed by atoms with Crippen LogP contribution in [0.4, 0.5) is 0 Å². The maximum Gasteiger partial charge on any atom is 0.279 e. The van der Waals surface area contributed by atoms with E-state index in [1.165, 1.54) is 32.1 Å². The second-order valence-corrected chi connectivity index (χ2v) is 9.38. The summed E-state index contributed by atoms with van der Waals surface area (Å²) in [4.78, 5) is 2.57. The fourth-order valence-corrected chi connectivity index (χ4v) is 6.34. The zero-order chi connectivity index (χ0) is 17.0. The predicted octanol–water partition coefficient (Wildman–Crippen LogP) is 1.73. The molecular formula is C17H33N3O3S. The molecule has 3 aliphatic rings. The molecule has 1 atom stereocenters. The van der Waals surface area contributed by atoms with Crippen LogP contribution in [-0.2, 0) is 14.9 Å². The average molecular weight is 360 g/mol. The van der Waals surface area contributed by atoms with Crippen LogP contribution in [0.3, 0.4) is 0 Å². The van der Waals surface area contributed by atoms with E-state index in [1.807, 2.05) is 0 Å². The van der Waals surface area contributed by atoms with Crippen molar-refractivity contribution in [3.05, 3.63) is 0 Å². The summed E-state index contributed by atoms with van der Waals surface area (Å²) >= 11 is 0. The van der Waals surface area contributed by atoms with Crippen LogP contribution in [0.25, 0.3) is 0 Å². The van der Waals surface area contributed by atoms with Crippen LogP contribution in [0.1, 0.15) is 57.8 Å². The average Bonchev–Trinajstić information content (AvgIpc) is 3.25. The summed E-state index contributed by atoms with van der Waals surface area (Å²) in [5.74, 6) is 0. The van der Waals surface area contributed by atoms with Crippen LogP contribution >= 0.6 is 0 Å². The van der Waals surface area contributed by atoms with Crippen LogP contribution in [0, 0.1) is 0 Å². The third-order valence-electron chi connectivity index (χ3n) is 6.14. The number of nitrogens with zero attached hydrogens (tertiary/aromatic N) is 2. The molecule has 0 amide bonds. The molecule has 0 aromatic carbocycles. The first-order valence-corrected chi connectivity index (χ1v) is 11.0. The number of likely N-dealkylation sites (tertiary alicyclic amines) is 1. The zero-order valence-corrected chi connectivity index (χ0v) is 15.8. The van der Waals surface area contributed by atoms with Gasteiger partial charge in [-0.2, -0.15) is 12.7 Å². The Balaban J connectivity index is 1.65. The van der Waals surface area contributed by atoms with Gasteiger partial charge in [0.1, 0.15) is 0 Å². The number of piperidine rings is 1. The van der Waals surface area contributed by atoms with E-state index in [9.17, 15) is 8.42 Å². The highest BCUT2D eigenvalue weighted by atomic mass is 32.2. The van der Waals surface area contributed by atoms with E-state index in [1.54, 1.807) is 11.4 Å². The molecule has 1 unspecified atom stereocenters. The molecule has 3 fully saturated rings. The third kappa shape index (κ3) is 3.96. The van der Waals surface area contributed by atoms with E-state index in [0.29, 0.717) is 19.7 Å². The van der Waals surface area contributed by atoms with Crippen molar-refractivity contribution in [3.8, 4) is 0 Å². The standard InChI is InChI=1S/C17H33N3O3S/c1-23-14-16-8-7-13-20(16)24(21,22)18-15-17(9-3-4-10-17)19-11-5-2-6-12-19/h16,18H,2-15H2,1H3. The minimum Gasteiger partial charge on any atom is -0.383 e. The van der Waals surface area contributed by atoms with Gasteiger partial charge in [0.05, 0.1) is 6.61 Å². The number of rotatable bonds is 7. The molecule has 6 nitrogen and oxygen atoms in total. The molecule has 0 spiro atoms. The van der Waals surface area contributed by atoms with Crippen molar-refractivity contribution >= 4 is 10.2 Å². The Morgan fingerprint density at radius 3 is 2.42 bits per heavy atom. The topological polar surface area (TPSA) is 61.9 Å². The Bertz CT molecular complexity index is 499. The van der Waals surface area contributed by atoms with Gasteiger partial charge in [-0.25, -0.2) is 4.72 Å². The molecule has 0 aromatic rings. The minimum absolute atomic E-state index is 0.0120. The molecule has 1 saturated carbocycles. The maximum atomic E-state index is 12.8. The van der Waals surface area contributed by atoms with Gasteiger partial charge in [0, 0.05) is 31.8 Å². The molecule has 24 heavy (non-hydrogen) atoms. The van der Waals surface area contributed by atoms with Gasteiger partial charge >= 0.3 is 0 Å². The van der Waals surface area contributed by atoms with Crippen molar-refractivity contribution in [2.45, 2.75) is 69.4 Å². The predicted molar refractivity (Wildman–Crippen MR) is 95.1 cm³/mol. The first-order chi connectivity index (χ1) is 11.6. The van der Waals surface area contributed by atoms with E-state index >= 15 is 0 Å². The number of nitrogens with one attached hydrogen (secondary N) is 1. The minimum atomic E-state index is -3.42. The molecule has 0 radical (unpaired) electrons. The van der Waals surface area contributed by atoms with Gasteiger partial charge in [-0.15, -0.1) is 0 Å². The second-order valence-electron chi connectivity index (χ2n) is 7.67. The van der Waals surface area contributed by atoms with Gasteiger partial charge in [0.25, 0.3) is 10.2 Å². The van der Waals surface area contributed by atoms with Gasteiger partial charge in [-0.05, 0) is 51.6 Å². The summed E-state index contributed by atoms with van der Waals surface area (Å²) in [5.41, 5.74) is 0.0456. The molecule has 1 N–H and O–H groups in total. The van der Waals surface area contributed by atoms with Gasteiger partial charge in [0.2, 0.25) is 0 Å². The molecule has 0 bridgehead atoms. The van der Waals surface area contributed by atoms with Crippen molar-refractivity contribution in [1.29, 1.82) is 0 Å². The van der Waals surface area contributed by atoms with Crippen LogP contribution < -0.4 is 4.72 Å². The summed E-state index contributed by atoms with van der Waals surface area (Å²) < 4.78 is 35.5. The van der Waals surface area contributed by atoms with Crippen LogP contribution in [-0.4, -0.2) is 69.1 Å². The quantitative estimate of drug-likeness (QED) is 0.752. The van der Waals surface area contributed by atoms with Gasteiger partial charge < -0.3 is 4.74 Å². The Hall–Kier alpha value is -0.210. The second kappa shape index (κ2) is 7.99. The third-order valence-corrected chi connectivity index (χ3v) is 7.74. The summed E-state index contributed by atoms with van der Waals surface area (Å²) in [7, 11) is -1.78. The lowest BCUT2D eigenvalue weighted by Gasteiger charge is -2.44. The normalized spacial score (nSPS) is 29.3. The highest BCUT2D eigenvalue weighted by Gasteiger charge is 2.42. The first-order valence-electron chi connectivity index (χ1n) is 9.58. The van der Waals surface area contributed by atoms with Crippen molar-refractivity contribution in [2.75, 3.05) is 39.9 Å². The number of hydrogen-bond acceptors (Lipinski definition) is 4. The van der Waals surface area contributed by atoms with Crippen LogP contribution in [0.2, 0.25) is 0 Å². The molecule has 2 saturated heterocycles. The van der Waals surface area contributed by atoms with Crippen LogP contribution in [0.5, 0.6) is 0 Å². The molecule has 3 rings (SSSR count). The smallest absolute Gasteiger partial charge is 0.279 e. The maximum absolute atomic E-state index is 12.8. The molecule has 0 aromatic heterocycles. The monoisotopic (exact) mass is 359 g/mol. The fourth-order valence-electron chi connectivity index (χ4n) is 4.80. The number of methoxy groups -OCH3 is 1. The lowest BCUT2D eigenvalue weighted by atomic mass is 9.92. The van der Waals surface area contributed by atoms with Crippen molar-refractivity contribution < 1.29 is 13.2 Å². The van der Waals surface area contributed by atoms with Crippen LogP contribution in [0.15, 0.2) is 0 Å². The lowest BCUT2D eigenvalue weighted by molar-refractivity contribution is 0.0737. The first kappa shape index (κ1) is 18.6. The Morgan fingerprint density at radius 2 is 1.75 bits per heavy atom. The Labute approximate surface area is 147 Å². The van der Waals surface area contributed by atoms with Gasteiger partial charge in [0.15, 0.2) is 0 Å². The summed E-state index contributed by atoms with van der Waals surface area (Å²) in [6, 6.07) is -0.0120. The molecule has 2 aliphatic heterocycles. The van der Waals surface area contributed by atoms with E-state index in [-0.39, 0.29) is 11.6 Å². The summed E-state index contributed by atoms with van der Waals surface area (Å²) in [6.45, 7) is 3.90. The molecule has 1 aliphatic carbocycles. The van der Waals surface area contributed by atoms with Crippen molar-refractivity contribution in [2.24, 2.45) is 0 Å². The Kier molecular flexibility index (Phi) is 6.19. The zero-order valence-electron chi connectivity index (χ0n) is 15.0. The lowest BCUT2D eigenvalue weighted by Crippen LogP contribution is -2.57. The Morgan fingerprint density at radius 1 is 1.04 bits per heavy atom. The van der Waals surface area contributed by atoms with E-state index in [0.717, 1.165) is 38.8 Å². The van der Waals surface area contributed by atoms with E-state index in [2.05, 4.69) is 9.62 Å². The summed E-state index contributed by atoms with van der Waals surface area (Å²) in [6.07, 6.45) is 10.3. The fraction of sp³-hybridized carbons (Fsp3) is 1.00. The van der Waals surface area contributed by atoms with Gasteiger partial charge in [-0.1, -0.05) is 19.3 Å². The van der Waals surface area contributed by atoms with E-state index in [4.69, 9.17) is 4.74 Å². The molecular weight excluding hydrogens is 326 g/mol.